The maximum Gasteiger partial charge on any atom is 0.306 e. The van der Waals surface area contributed by atoms with Gasteiger partial charge in [-0.15, -0.1) is 0 Å². The average Bonchev–Trinajstić information content (AvgIpc) is 3.00. The van der Waals surface area contributed by atoms with E-state index in [0.29, 0.717) is 11.3 Å². The van der Waals surface area contributed by atoms with E-state index < -0.39 is 4.92 Å². The number of hydrogen-bond acceptors (Lipinski definition) is 6. The van der Waals surface area contributed by atoms with Gasteiger partial charge < -0.3 is 5.11 Å². The molecule has 9 heteroatoms. The number of rotatable bonds is 7. The normalized spacial score (nSPS) is 10.1. The molecule has 0 saturated carbocycles. The summed E-state index contributed by atoms with van der Waals surface area (Å²) in [4.78, 5) is 21.7. The highest BCUT2D eigenvalue weighted by Crippen LogP contribution is 2.14. The van der Waals surface area contributed by atoms with Crippen LogP contribution in [-0.4, -0.2) is 25.7 Å². The Balaban J connectivity index is 1.77. The van der Waals surface area contributed by atoms with Crippen molar-refractivity contribution in [1.82, 2.24) is 20.6 Å². The van der Waals surface area contributed by atoms with E-state index in [2.05, 4.69) is 22.5 Å². The molecule has 0 radical (unpaired) electrons. The summed E-state index contributed by atoms with van der Waals surface area (Å²) in [6, 6.07) is 6.32. The molecule has 0 spiro atoms. The van der Waals surface area contributed by atoms with Crippen LogP contribution in [0.15, 0.2) is 43.2 Å². The predicted molar refractivity (Wildman–Crippen MR) is 81.9 cm³/mol. The van der Waals surface area contributed by atoms with Crippen LogP contribution in [0.5, 0.6) is 5.75 Å². The van der Waals surface area contributed by atoms with Crippen LogP contribution in [0.4, 0.5) is 5.69 Å². The number of aromatic hydroxyl groups is 1. The minimum atomic E-state index is -0.549. The summed E-state index contributed by atoms with van der Waals surface area (Å²) in [5.74, 6) is -0.179. The van der Waals surface area contributed by atoms with E-state index in [4.69, 9.17) is 0 Å². The highest BCUT2D eigenvalue weighted by atomic mass is 16.6. The molecule has 0 aliphatic rings. The Morgan fingerprint density at radius 3 is 2.65 bits per heavy atom. The zero-order valence-electron chi connectivity index (χ0n) is 12.1. The van der Waals surface area contributed by atoms with E-state index in [1.807, 2.05) is 0 Å². The lowest BCUT2D eigenvalue weighted by molar-refractivity contribution is -0.385. The maximum atomic E-state index is 11.7. The second-order valence-corrected chi connectivity index (χ2v) is 4.67. The molecule has 120 valence electrons. The van der Waals surface area contributed by atoms with Crippen LogP contribution in [-0.2, 0) is 11.3 Å². The van der Waals surface area contributed by atoms with Crippen LogP contribution in [0.2, 0.25) is 0 Å². The maximum absolute atomic E-state index is 11.7. The van der Waals surface area contributed by atoms with Gasteiger partial charge in [0.25, 0.3) is 0 Å². The third-order valence-electron chi connectivity index (χ3n) is 2.97. The zero-order chi connectivity index (χ0) is 16.8. The number of hydrazine groups is 1. The first-order valence-electron chi connectivity index (χ1n) is 6.65. The first kappa shape index (κ1) is 16.0. The number of hydrogen-bond donors (Lipinski definition) is 3. The van der Waals surface area contributed by atoms with Gasteiger partial charge in [0, 0.05) is 6.42 Å². The minimum Gasteiger partial charge on any atom is -0.508 e. The van der Waals surface area contributed by atoms with E-state index in [1.165, 1.54) is 23.0 Å². The number of aryl methyl sites for hydroxylation is 1. The number of aromatic nitrogens is 2. The first-order valence-corrected chi connectivity index (χ1v) is 6.65. The summed E-state index contributed by atoms with van der Waals surface area (Å²) in [6.07, 6.45) is 2.48. The van der Waals surface area contributed by atoms with Crippen LogP contribution >= 0.6 is 0 Å². The highest BCUT2D eigenvalue weighted by Gasteiger charge is 2.10. The van der Waals surface area contributed by atoms with Gasteiger partial charge >= 0.3 is 5.69 Å². The number of nitrogens with one attached hydrogen (secondary N) is 2. The van der Waals surface area contributed by atoms with Crippen molar-refractivity contribution in [3.8, 4) is 5.75 Å². The van der Waals surface area contributed by atoms with Gasteiger partial charge in [-0.3, -0.25) is 30.4 Å². The predicted octanol–water partition coefficient (Wildman–Crippen LogP) is 1.18. The van der Waals surface area contributed by atoms with Gasteiger partial charge in [0.2, 0.25) is 5.91 Å². The summed E-state index contributed by atoms with van der Waals surface area (Å²) < 4.78 is 1.33. The van der Waals surface area contributed by atoms with Crippen LogP contribution in [0.1, 0.15) is 12.0 Å². The number of benzene rings is 1. The molecule has 1 amide bonds. The molecule has 0 bridgehead atoms. The smallest absolute Gasteiger partial charge is 0.306 e. The number of phenols is 1. The number of amides is 1. The molecule has 2 rings (SSSR count). The number of phenolic OH excluding ortho intramolecular Hbond substituents is 1. The molecule has 0 saturated heterocycles. The van der Waals surface area contributed by atoms with Gasteiger partial charge in [-0.2, -0.15) is 5.10 Å². The Morgan fingerprint density at radius 1 is 1.35 bits per heavy atom. The van der Waals surface area contributed by atoms with Crippen LogP contribution in [0.25, 0.3) is 5.70 Å². The average molecular weight is 317 g/mol. The zero-order valence-corrected chi connectivity index (χ0v) is 12.1. The second-order valence-electron chi connectivity index (χ2n) is 4.67. The molecule has 2 aromatic rings. The van der Waals surface area contributed by atoms with E-state index in [9.17, 15) is 20.0 Å². The Hall–Kier alpha value is -3.36. The summed E-state index contributed by atoms with van der Waals surface area (Å²) in [6.45, 7) is 3.98. The van der Waals surface area contributed by atoms with Gasteiger partial charge in [-0.25, -0.2) is 0 Å². The molecular formula is C14H15N5O4. The Kier molecular flexibility index (Phi) is 4.92. The molecular weight excluding hydrogens is 302 g/mol. The van der Waals surface area contributed by atoms with Crippen LogP contribution in [0, 0.1) is 10.1 Å². The second kappa shape index (κ2) is 7.07. The molecule has 0 aliphatic heterocycles. The fourth-order valence-electron chi connectivity index (χ4n) is 1.73. The first-order chi connectivity index (χ1) is 11.0. The van der Waals surface area contributed by atoms with Crippen molar-refractivity contribution in [1.29, 1.82) is 0 Å². The monoisotopic (exact) mass is 317 g/mol. The molecule has 9 nitrogen and oxygen atoms in total. The molecule has 1 heterocycles. The fourth-order valence-corrected chi connectivity index (χ4v) is 1.73. The van der Waals surface area contributed by atoms with Gasteiger partial charge in [0.15, 0.2) is 0 Å². The minimum absolute atomic E-state index is 0.0920. The largest absolute Gasteiger partial charge is 0.508 e. The van der Waals surface area contributed by atoms with Gasteiger partial charge in [0.1, 0.15) is 18.1 Å². The number of nitrogens with zero attached hydrogens (tertiary/aromatic N) is 3. The summed E-state index contributed by atoms with van der Waals surface area (Å²) in [5, 5.41) is 23.5. The number of carbonyl (C=O) groups is 1. The Morgan fingerprint density at radius 2 is 2.04 bits per heavy atom. The SMILES string of the molecule is C=C(NNC(=O)CCn1cc([N+](=O)[O-])cn1)c1ccc(O)cc1. The van der Waals surface area contributed by atoms with Crippen molar-refractivity contribution in [2.24, 2.45) is 0 Å². The summed E-state index contributed by atoms with van der Waals surface area (Å²) in [5.41, 5.74) is 6.19. The van der Waals surface area contributed by atoms with E-state index >= 15 is 0 Å². The van der Waals surface area contributed by atoms with E-state index in [-0.39, 0.29) is 30.3 Å². The summed E-state index contributed by atoms with van der Waals surface area (Å²) in [7, 11) is 0. The quantitative estimate of drug-likeness (QED) is 0.520. The Labute approximate surface area is 131 Å². The number of carbonyl (C=O) groups excluding carboxylic acids is 1. The molecule has 0 aliphatic carbocycles. The van der Waals surface area contributed by atoms with E-state index in [0.717, 1.165) is 6.20 Å². The van der Waals surface area contributed by atoms with Crippen molar-refractivity contribution >= 4 is 17.3 Å². The molecule has 0 fully saturated rings. The van der Waals surface area contributed by atoms with Crippen molar-refractivity contribution in [2.75, 3.05) is 0 Å². The molecule has 1 aromatic carbocycles. The topological polar surface area (TPSA) is 122 Å². The molecule has 23 heavy (non-hydrogen) atoms. The lowest BCUT2D eigenvalue weighted by atomic mass is 10.2. The molecule has 0 atom stereocenters. The highest BCUT2D eigenvalue weighted by molar-refractivity contribution is 5.77. The van der Waals surface area contributed by atoms with Crippen LogP contribution in [0.3, 0.4) is 0 Å². The third kappa shape index (κ3) is 4.56. The standard InChI is InChI=1S/C14H15N5O4/c1-10(11-2-4-13(20)5-3-11)16-17-14(21)6-7-18-9-12(8-15-18)19(22)23/h2-5,8-9,16,20H,1,6-7H2,(H,17,21). The van der Waals surface area contributed by atoms with Crippen LogP contribution < -0.4 is 10.9 Å². The van der Waals surface area contributed by atoms with Gasteiger partial charge in [-0.1, -0.05) is 6.58 Å². The molecule has 0 unspecified atom stereocenters. The van der Waals surface area contributed by atoms with Crippen molar-refractivity contribution in [3.63, 3.8) is 0 Å². The molecule has 3 N–H and O–H groups in total. The van der Waals surface area contributed by atoms with Crippen molar-refractivity contribution in [3.05, 3.63) is 58.9 Å². The third-order valence-corrected chi connectivity index (χ3v) is 2.97. The Bertz CT molecular complexity index is 723. The molecule has 1 aromatic heterocycles. The van der Waals surface area contributed by atoms with Gasteiger partial charge in [-0.05, 0) is 29.8 Å². The van der Waals surface area contributed by atoms with Gasteiger partial charge in [0.05, 0.1) is 17.2 Å². The summed E-state index contributed by atoms with van der Waals surface area (Å²) >= 11 is 0. The van der Waals surface area contributed by atoms with Crippen molar-refractivity contribution in [2.45, 2.75) is 13.0 Å². The van der Waals surface area contributed by atoms with E-state index in [1.54, 1.807) is 12.1 Å². The lowest BCUT2D eigenvalue weighted by Gasteiger charge is -2.11. The van der Waals surface area contributed by atoms with Crippen molar-refractivity contribution < 1.29 is 14.8 Å². The fraction of sp³-hybridized carbons (Fsp3) is 0.143. The number of nitro groups is 1. The lowest BCUT2D eigenvalue weighted by Crippen LogP contribution is -2.36.